The number of nitrogens with zero attached hydrogens (tertiary/aromatic N) is 1. The lowest BCUT2D eigenvalue weighted by atomic mass is 9.99. The second-order valence-corrected chi connectivity index (χ2v) is 12.6. The highest BCUT2D eigenvalue weighted by Crippen LogP contribution is 2.40. The lowest BCUT2D eigenvalue weighted by molar-refractivity contribution is 0.631. The van der Waals surface area contributed by atoms with Gasteiger partial charge in [0.05, 0.1) is 5.69 Å². The second-order valence-electron chi connectivity index (χ2n) is 12.6. The lowest BCUT2D eigenvalue weighted by Crippen LogP contribution is -2.10. The summed E-state index contributed by atoms with van der Waals surface area (Å²) in [7, 11) is 0. The smallest absolute Gasteiger partial charge is 0.135 e. The third-order valence-electron chi connectivity index (χ3n) is 9.49. The number of benzene rings is 8. The molecule has 0 atom stereocenters. The minimum atomic E-state index is 0.877. The number of hydrogen-bond acceptors (Lipinski definition) is 2. The summed E-state index contributed by atoms with van der Waals surface area (Å²) < 4.78 is 6.18. The Morgan fingerprint density at radius 3 is 1.48 bits per heavy atom. The largest absolute Gasteiger partial charge is 0.456 e. The molecule has 2 heteroatoms. The molecular formula is C48H33NO. The minimum Gasteiger partial charge on any atom is -0.456 e. The molecule has 0 fully saturated rings. The molecule has 9 rings (SSSR count). The Kier molecular flexibility index (Phi) is 7.53. The Morgan fingerprint density at radius 1 is 0.320 bits per heavy atom. The number of anilines is 3. The van der Waals surface area contributed by atoms with Gasteiger partial charge in [-0.15, -0.1) is 0 Å². The van der Waals surface area contributed by atoms with Crippen molar-refractivity contribution in [2.75, 3.05) is 4.90 Å². The first-order valence-electron chi connectivity index (χ1n) is 17.0. The Labute approximate surface area is 292 Å². The van der Waals surface area contributed by atoms with E-state index in [1.807, 2.05) is 18.2 Å². The van der Waals surface area contributed by atoms with Gasteiger partial charge in [-0.25, -0.2) is 0 Å². The summed E-state index contributed by atoms with van der Waals surface area (Å²) in [5.74, 6) is 0.877. The molecule has 0 N–H and O–H groups in total. The van der Waals surface area contributed by atoms with Gasteiger partial charge >= 0.3 is 0 Å². The normalized spacial score (nSPS) is 11.2. The Balaban J connectivity index is 1.06. The average molecular weight is 640 g/mol. The van der Waals surface area contributed by atoms with Gasteiger partial charge in [-0.2, -0.15) is 0 Å². The lowest BCUT2D eigenvalue weighted by Gasteiger charge is -2.27. The maximum Gasteiger partial charge on any atom is 0.135 e. The highest BCUT2D eigenvalue weighted by molar-refractivity contribution is 5.99. The first kappa shape index (κ1) is 29.5. The van der Waals surface area contributed by atoms with Crippen LogP contribution in [0.15, 0.2) is 205 Å². The topological polar surface area (TPSA) is 16.4 Å². The zero-order valence-corrected chi connectivity index (χ0v) is 27.4. The zero-order chi connectivity index (χ0) is 33.3. The molecule has 0 bridgehead atoms. The van der Waals surface area contributed by atoms with E-state index in [0.29, 0.717) is 0 Å². The Hall–Kier alpha value is -6.64. The maximum atomic E-state index is 6.18. The first-order chi connectivity index (χ1) is 24.8. The van der Waals surface area contributed by atoms with Gasteiger partial charge in [0.2, 0.25) is 0 Å². The van der Waals surface area contributed by atoms with E-state index in [4.69, 9.17) is 4.42 Å². The SMILES string of the molecule is c1ccc(-c2ccc(-c3ccc(N(c4ccc(-c5cccc(-c6cc7ccccc7o6)c5)cc4)c4cccc5ccccc45)cc3)cc2)cc1. The van der Waals surface area contributed by atoms with Crippen LogP contribution in [-0.2, 0) is 0 Å². The molecule has 0 saturated carbocycles. The third kappa shape index (κ3) is 5.63. The van der Waals surface area contributed by atoms with Gasteiger partial charge in [-0.3, -0.25) is 0 Å². The Morgan fingerprint density at radius 2 is 0.800 bits per heavy atom. The van der Waals surface area contributed by atoms with Crippen LogP contribution >= 0.6 is 0 Å². The molecule has 236 valence electrons. The van der Waals surface area contributed by atoms with Crippen LogP contribution in [0.5, 0.6) is 0 Å². The van der Waals surface area contributed by atoms with E-state index in [1.165, 1.54) is 33.0 Å². The van der Waals surface area contributed by atoms with Gasteiger partial charge in [-0.05, 0) is 87.3 Å². The highest BCUT2D eigenvalue weighted by atomic mass is 16.3. The van der Waals surface area contributed by atoms with Crippen molar-refractivity contribution in [3.63, 3.8) is 0 Å². The molecule has 2 nitrogen and oxygen atoms in total. The van der Waals surface area contributed by atoms with Crippen LogP contribution in [0.3, 0.4) is 0 Å². The van der Waals surface area contributed by atoms with Crippen LogP contribution in [0.25, 0.3) is 66.4 Å². The molecular weight excluding hydrogens is 607 g/mol. The van der Waals surface area contributed by atoms with Crippen LogP contribution in [0, 0.1) is 0 Å². The number of fused-ring (bicyclic) bond motifs is 2. The third-order valence-corrected chi connectivity index (χ3v) is 9.49. The Bertz CT molecular complexity index is 2530. The standard InChI is InChI=1S/C48H33NO/c1-2-10-34(11-3-1)35-20-22-36(23-21-35)37-24-28-43(29-25-37)49(46-18-9-14-39-12-4-6-17-45(39)46)44-30-26-38(27-31-44)40-15-8-16-41(32-40)48-33-42-13-5-7-19-47(42)50-48/h1-33H. The van der Waals surface area contributed by atoms with Crippen LogP contribution in [0.1, 0.15) is 0 Å². The van der Waals surface area contributed by atoms with E-state index >= 15 is 0 Å². The predicted octanol–water partition coefficient (Wildman–Crippen LogP) is 13.7. The van der Waals surface area contributed by atoms with E-state index in [9.17, 15) is 0 Å². The van der Waals surface area contributed by atoms with E-state index < -0.39 is 0 Å². The average Bonchev–Trinajstić information content (AvgIpc) is 3.64. The quantitative estimate of drug-likeness (QED) is 0.173. The van der Waals surface area contributed by atoms with Crippen LogP contribution < -0.4 is 4.90 Å². The summed E-state index contributed by atoms with van der Waals surface area (Å²) in [4.78, 5) is 2.36. The predicted molar refractivity (Wildman–Crippen MR) is 210 cm³/mol. The molecule has 0 aliphatic rings. The highest BCUT2D eigenvalue weighted by Gasteiger charge is 2.16. The molecule has 0 amide bonds. The fourth-order valence-electron chi connectivity index (χ4n) is 6.90. The second kappa shape index (κ2) is 12.8. The van der Waals surface area contributed by atoms with Gasteiger partial charge in [-0.1, -0.05) is 152 Å². The summed E-state index contributed by atoms with van der Waals surface area (Å²) in [5, 5.41) is 3.53. The van der Waals surface area contributed by atoms with Crippen molar-refractivity contribution in [2.24, 2.45) is 0 Å². The number of hydrogen-bond donors (Lipinski definition) is 0. The summed E-state index contributed by atoms with van der Waals surface area (Å²) in [6.45, 7) is 0. The van der Waals surface area contributed by atoms with Crippen molar-refractivity contribution < 1.29 is 4.42 Å². The number of rotatable bonds is 7. The van der Waals surface area contributed by atoms with Crippen LogP contribution in [0.4, 0.5) is 17.1 Å². The van der Waals surface area contributed by atoms with Gasteiger partial charge in [0.25, 0.3) is 0 Å². The van der Waals surface area contributed by atoms with Crippen molar-refractivity contribution in [1.29, 1.82) is 0 Å². The van der Waals surface area contributed by atoms with E-state index in [-0.39, 0.29) is 0 Å². The summed E-state index contributed by atoms with van der Waals surface area (Å²) in [6.07, 6.45) is 0. The minimum absolute atomic E-state index is 0.877. The molecule has 9 aromatic rings. The van der Waals surface area contributed by atoms with E-state index in [0.717, 1.165) is 50.5 Å². The molecule has 0 aliphatic heterocycles. The van der Waals surface area contributed by atoms with Crippen molar-refractivity contribution in [2.45, 2.75) is 0 Å². The van der Waals surface area contributed by atoms with E-state index in [2.05, 4.69) is 187 Å². The molecule has 1 aromatic heterocycles. The van der Waals surface area contributed by atoms with Gasteiger partial charge in [0.1, 0.15) is 11.3 Å². The summed E-state index contributed by atoms with van der Waals surface area (Å²) in [5.41, 5.74) is 12.4. The number of furan rings is 1. The molecule has 0 radical (unpaired) electrons. The fraction of sp³-hybridized carbons (Fsp3) is 0. The van der Waals surface area contributed by atoms with Crippen LogP contribution in [0.2, 0.25) is 0 Å². The van der Waals surface area contributed by atoms with E-state index in [1.54, 1.807) is 0 Å². The first-order valence-corrected chi connectivity index (χ1v) is 17.0. The molecule has 0 aliphatic carbocycles. The molecule has 0 saturated heterocycles. The molecule has 50 heavy (non-hydrogen) atoms. The molecule has 0 unspecified atom stereocenters. The summed E-state index contributed by atoms with van der Waals surface area (Å²) in [6, 6.07) is 71.1. The van der Waals surface area contributed by atoms with Gasteiger partial charge < -0.3 is 9.32 Å². The van der Waals surface area contributed by atoms with Crippen molar-refractivity contribution in [3.8, 4) is 44.7 Å². The molecule has 1 heterocycles. The van der Waals surface area contributed by atoms with Crippen molar-refractivity contribution in [3.05, 3.63) is 200 Å². The van der Waals surface area contributed by atoms with Crippen LogP contribution in [-0.4, -0.2) is 0 Å². The monoisotopic (exact) mass is 639 g/mol. The van der Waals surface area contributed by atoms with Crippen molar-refractivity contribution >= 4 is 38.8 Å². The zero-order valence-electron chi connectivity index (χ0n) is 27.4. The maximum absolute atomic E-state index is 6.18. The van der Waals surface area contributed by atoms with Gasteiger partial charge in [0.15, 0.2) is 0 Å². The number of para-hydroxylation sites is 1. The van der Waals surface area contributed by atoms with Gasteiger partial charge in [0, 0.05) is 27.7 Å². The molecule has 0 spiro atoms. The molecule has 8 aromatic carbocycles. The van der Waals surface area contributed by atoms with Crippen molar-refractivity contribution in [1.82, 2.24) is 0 Å². The summed E-state index contributed by atoms with van der Waals surface area (Å²) >= 11 is 0. The fourth-order valence-corrected chi connectivity index (χ4v) is 6.90.